The molecule has 0 aliphatic rings. The molecule has 0 bridgehead atoms. The zero-order valence-corrected chi connectivity index (χ0v) is 14.5. The molecule has 0 heterocycles. The molecule has 21 heavy (non-hydrogen) atoms. The van der Waals surface area contributed by atoms with E-state index >= 15 is 0 Å². The highest BCUT2D eigenvalue weighted by atomic mass is 79.9. The Kier molecular flexibility index (Phi) is 5.51. The van der Waals surface area contributed by atoms with Crippen molar-refractivity contribution in [2.24, 2.45) is 0 Å². The first-order valence-electron chi connectivity index (χ1n) is 6.44. The molecule has 2 aromatic carbocycles. The molecule has 1 N–H and O–H groups in total. The van der Waals surface area contributed by atoms with E-state index in [0.717, 1.165) is 27.1 Å². The number of nitrogens with one attached hydrogen (secondary N) is 1. The Morgan fingerprint density at radius 2 is 1.67 bits per heavy atom. The molecule has 0 fully saturated rings. The first-order chi connectivity index (χ1) is 10.1. The Balaban J connectivity index is 2.52. The van der Waals surface area contributed by atoms with Gasteiger partial charge in [-0.25, -0.2) is 0 Å². The summed E-state index contributed by atoms with van der Waals surface area (Å²) in [6.45, 7) is 0. The predicted octanol–water partition coefficient (Wildman–Crippen LogP) is 4.43. The van der Waals surface area contributed by atoms with Gasteiger partial charge < -0.3 is 14.8 Å². The molecule has 0 spiro atoms. The summed E-state index contributed by atoms with van der Waals surface area (Å²) in [5.74, 6) is 1.51. The van der Waals surface area contributed by atoms with E-state index in [2.05, 4.69) is 21.2 Å². The molecule has 0 radical (unpaired) electrons. The lowest BCUT2D eigenvalue weighted by Gasteiger charge is -2.20. The topological polar surface area (TPSA) is 30.5 Å². The molecule has 3 nitrogen and oxygen atoms in total. The molecule has 0 saturated carbocycles. The zero-order chi connectivity index (χ0) is 15.4. The molecule has 0 saturated heterocycles. The van der Waals surface area contributed by atoms with Crippen molar-refractivity contribution in [1.29, 1.82) is 0 Å². The minimum atomic E-state index is -0.0259. The van der Waals surface area contributed by atoms with E-state index < -0.39 is 0 Å². The maximum atomic E-state index is 6.12. The number of benzene rings is 2. The zero-order valence-electron chi connectivity index (χ0n) is 12.1. The fraction of sp³-hybridized carbons (Fsp3) is 0.250. The summed E-state index contributed by atoms with van der Waals surface area (Å²) in [6.07, 6.45) is 0. The summed E-state index contributed by atoms with van der Waals surface area (Å²) in [6, 6.07) is 11.5. The van der Waals surface area contributed by atoms with Gasteiger partial charge in [-0.05, 0) is 48.5 Å². The summed E-state index contributed by atoms with van der Waals surface area (Å²) < 4.78 is 11.7. The van der Waals surface area contributed by atoms with Gasteiger partial charge in [0.15, 0.2) is 0 Å². The van der Waals surface area contributed by atoms with E-state index in [-0.39, 0.29) is 6.04 Å². The normalized spacial score (nSPS) is 12.0. The Labute approximate surface area is 138 Å². The highest BCUT2D eigenvalue weighted by Crippen LogP contribution is 2.34. The van der Waals surface area contributed by atoms with Crippen molar-refractivity contribution >= 4 is 27.5 Å². The van der Waals surface area contributed by atoms with Crippen LogP contribution in [0.25, 0.3) is 0 Å². The third-order valence-electron chi connectivity index (χ3n) is 3.26. The third-order valence-corrected chi connectivity index (χ3v) is 4.22. The lowest BCUT2D eigenvalue weighted by Crippen LogP contribution is -2.18. The van der Waals surface area contributed by atoms with Crippen LogP contribution in [0.5, 0.6) is 11.5 Å². The van der Waals surface area contributed by atoms with Crippen molar-refractivity contribution in [3.63, 3.8) is 0 Å². The van der Waals surface area contributed by atoms with Gasteiger partial charge in [0.1, 0.15) is 11.5 Å². The number of ether oxygens (including phenoxy) is 2. The highest BCUT2D eigenvalue weighted by Gasteiger charge is 2.17. The molecule has 2 rings (SSSR count). The van der Waals surface area contributed by atoms with Crippen molar-refractivity contribution in [2.45, 2.75) is 6.04 Å². The Morgan fingerprint density at radius 1 is 1.05 bits per heavy atom. The van der Waals surface area contributed by atoms with Gasteiger partial charge in [-0.15, -0.1) is 0 Å². The molecule has 2 aromatic rings. The van der Waals surface area contributed by atoms with Crippen LogP contribution in [0.3, 0.4) is 0 Å². The van der Waals surface area contributed by atoms with Crippen LogP contribution in [-0.4, -0.2) is 21.3 Å². The summed E-state index contributed by atoms with van der Waals surface area (Å²) >= 11 is 9.70. The average molecular weight is 371 g/mol. The molecule has 0 aliphatic carbocycles. The largest absolute Gasteiger partial charge is 0.497 e. The van der Waals surface area contributed by atoms with E-state index in [4.69, 9.17) is 21.1 Å². The second kappa shape index (κ2) is 7.16. The number of methoxy groups -OCH3 is 2. The van der Waals surface area contributed by atoms with Gasteiger partial charge in [0, 0.05) is 15.6 Å². The van der Waals surface area contributed by atoms with Crippen LogP contribution in [0.1, 0.15) is 17.2 Å². The van der Waals surface area contributed by atoms with Crippen molar-refractivity contribution in [2.75, 3.05) is 21.3 Å². The maximum Gasteiger partial charge on any atom is 0.122 e. The standard InChI is InChI=1S/C16H17BrClNO2/c1-19-16(14-8-11(18)4-5-15(14)17)10-6-12(20-2)9-13(7-10)21-3/h4-9,16,19H,1-3H3. The first-order valence-corrected chi connectivity index (χ1v) is 7.61. The Bertz CT molecular complexity index is 611. The lowest BCUT2D eigenvalue weighted by atomic mass is 9.98. The summed E-state index contributed by atoms with van der Waals surface area (Å²) in [4.78, 5) is 0. The van der Waals surface area contributed by atoms with Gasteiger partial charge in [0.25, 0.3) is 0 Å². The van der Waals surface area contributed by atoms with E-state index in [1.54, 1.807) is 14.2 Å². The second-order valence-electron chi connectivity index (χ2n) is 4.53. The number of hydrogen-bond donors (Lipinski definition) is 1. The van der Waals surface area contributed by atoms with Gasteiger partial charge in [-0.3, -0.25) is 0 Å². The van der Waals surface area contributed by atoms with Crippen LogP contribution in [0.4, 0.5) is 0 Å². The molecule has 1 unspecified atom stereocenters. The molecule has 1 atom stereocenters. The van der Waals surface area contributed by atoms with Gasteiger partial charge in [-0.1, -0.05) is 27.5 Å². The highest BCUT2D eigenvalue weighted by molar-refractivity contribution is 9.10. The van der Waals surface area contributed by atoms with Crippen molar-refractivity contribution in [1.82, 2.24) is 5.32 Å². The quantitative estimate of drug-likeness (QED) is 0.844. The smallest absolute Gasteiger partial charge is 0.122 e. The van der Waals surface area contributed by atoms with E-state index in [1.807, 2.05) is 43.4 Å². The van der Waals surface area contributed by atoms with Crippen LogP contribution >= 0.6 is 27.5 Å². The molecular weight excluding hydrogens is 354 g/mol. The SMILES string of the molecule is CNC(c1cc(OC)cc(OC)c1)c1cc(Cl)ccc1Br. The minimum absolute atomic E-state index is 0.0259. The van der Waals surface area contributed by atoms with Gasteiger partial charge in [0.05, 0.1) is 20.3 Å². The summed E-state index contributed by atoms with van der Waals surface area (Å²) in [7, 11) is 5.19. The third kappa shape index (κ3) is 3.70. The van der Waals surface area contributed by atoms with Crippen LogP contribution in [0, 0.1) is 0 Å². The average Bonchev–Trinajstić information content (AvgIpc) is 2.51. The summed E-state index contributed by atoms with van der Waals surface area (Å²) in [5.41, 5.74) is 2.09. The van der Waals surface area contributed by atoms with Crippen molar-refractivity contribution in [3.05, 3.63) is 57.0 Å². The van der Waals surface area contributed by atoms with E-state index in [1.165, 1.54) is 0 Å². The van der Waals surface area contributed by atoms with Crippen LogP contribution in [0.2, 0.25) is 5.02 Å². The Hall–Kier alpha value is -1.23. The predicted molar refractivity (Wildman–Crippen MR) is 89.6 cm³/mol. The molecular formula is C16H17BrClNO2. The molecule has 0 aromatic heterocycles. The van der Waals surface area contributed by atoms with Gasteiger partial charge >= 0.3 is 0 Å². The maximum absolute atomic E-state index is 6.12. The molecule has 0 amide bonds. The summed E-state index contributed by atoms with van der Waals surface area (Å²) in [5, 5.41) is 4.00. The van der Waals surface area contributed by atoms with Crippen LogP contribution < -0.4 is 14.8 Å². The minimum Gasteiger partial charge on any atom is -0.497 e. The lowest BCUT2D eigenvalue weighted by molar-refractivity contribution is 0.392. The first kappa shape index (κ1) is 16.1. The molecule has 0 aliphatic heterocycles. The molecule has 112 valence electrons. The van der Waals surface area contributed by atoms with Crippen molar-refractivity contribution < 1.29 is 9.47 Å². The Morgan fingerprint density at radius 3 is 2.19 bits per heavy atom. The fourth-order valence-corrected chi connectivity index (χ4v) is 2.89. The van der Waals surface area contributed by atoms with Crippen LogP contribution in [0.15, 0.2) is 40.9 Å². The van der Waals surface area contributed by atoms with Crippen LogP contribution in [-0.2, 0) is 0 Å². The number of hydrogen-bond acceptors (Lipinski definition) is 3. The number of halogens is 2. The molecule has 5 heteroatoms. The number of rotatable bonds is 5. The van der Waals surface area contributed by atoms with E-state index in [9.17, 15) is 0 Å². The van der Waals surface area contributed by atoms with Gasteiger partial charge in [0.2, 0.25) is 0 Å². The monoisotopic (exact) mass is 369 g/mol. The second-order valence-corrected chi connectivity index (χ2v) is 5.82. The van der Waals surface area contributed by atoms with Gasteiger partial charge in [-0.2, -0.15) is 0 Å². The van der Waals surface area contributed by atoms with E-state index in [0.29, 0.717) is 5.02 Å². The van der Waals surface area contributed by atoms with Crippen molar-refractivity contribution in [3.8, 4) is 11.5 Å². The fourth-order valence-electron chi connectivity index (χ4n) is 2.23.